The van der Waals surface area contributed by atoms with Crippen molar-refractivity contribution in [2.45, 2.75) is 0 Å². The van der Waals surface area contributed by atoms with Gasteiger partial charge in [-0.25, -0.2) is 14.5 Å². The van der Waals surface area contributed by atoms with Gasteiger partial charge in [0, 0.05) is 17.3 Å². The van der Waals surface area contributed by atoms with E-state index in [0.29, 0.717) is 27.1 Å². The SMILES string of the molecule is O=C(O)c1cnn(-c2nc3ccc(Oc4cc(Cl)ccc4Cl)cc3c(=O)[nH]2)c1. The van der Waals surface area contributed by atoms with Crippen molar-refractivity contribution in [3.63, 3.8) is 0 Å². The smallest absolute Gasteiger partial charge is 0.338 e. The summed E-state index contributed by atoms with van der Waals surface area (Å²) in [4.78, 5) is 30.3. The largest absolute Gasteiger partial charge is 0.478 e. The number of carboxylic acids is 1. The Kier molecular flexibility index (Phi) is 4.50. The number of halogens is 2. The lowest BCUT2D eigenvalue weighted by atomic mass is 10.2. The van der Waals surface area contributed by atoms with Crippen LogP contribution in [0.4, 0.5) is 0 Å². The molecule has 0 aliphatic heterocycles. The first-order valence-electron chi connectivity index (χ1n) is 7.86. The summed E-state index contributed by atoms with van der Waals surface area (Å²) in [6.45, 7) is 0. The van der Waals surface area contributed by atoms with Crippen LogP contribution in [-0.2, 0) is 0 Å². The number of nitrogens with one attached hydrogen (secondary N) is 1. The van der Waals surface area contributed by atoms with Crippen molar-refractivity contribution in [3.05, 3.63) is 74.8 Å². The number of ether oxygens (including phenoxy) is 1. The van der Waals surface area contributed by atoms with E-state index in [-0.39, 0.29) is 16.9 Å². The molecule has 0 atom stereocenters. The maximum atomic E-state index is 12.5. The third-order valence-electron chi connectivity index (χ3n) is 3.83. The second kappa shape index (κ2) is 6.99. The van der Waals surface area contributed by atoms with Crippen molar-refractivity contribution in [2.75, 3.05) is 0 Å². The number of aromatic nitrogens is 4. The Morgan fingerprint density at radius 2 is 2.00 bits per heavy atom. The molecule has 2 heterocycles. The zero-order valence-electron chi connectivity index (χ0n) is 13.9. The Hall–Kier alpha value is -3.36. The van der Waals surface area contributed by atoms with Gasteiger partial charge in [0.05, 0.1) is 27.7 Å². The molecule has 2 aromatic heterocycles. The van der Waals surface area contributed by atoms with Crippen LogP contribution in [0.1, 0.15) is 10.4 Å². The molecule has 0 radical (unpaired) electrons. The maximum Gasteiger partial charge on any atom is 0.338 e. The van der Waals surface area contributed by atoms with E-state index in [1.54, 1.807) is 30.3 Å². The number of aromatic amines is 1. The van der Waals surface area contributed by atoms with E-state index < -0.39 is 11.5 Å². The van der Waals surface area contributed by atoms with Gasteiger partial charge in [-0.1, -0.05) is 23.2 Å². The van der Waals surface area contributed by atoms with E-state index in [1.165, 1.54) is 16.9 Å². The van der Waals surface area contributed by atoms with Gasteiger partial charge in [0.2, 0.25) is 5.95 Å². The molecule has 0 aliphatic carbocycles. The summed E-state index contributed by atoms with van der Waals surface area (Å²) in [6, 6.07) is 9.56. The predicted molar refractivity (Wildman–Crippen MR) is 103 cm³/mol. The molecule has 0 amide bonds. The number of benzene rings is 2. The number of rotatable bonds is 4. The van der Waals surface area contributed by atoms with Crippen LogP contribution in [0, 0.1) is 0 Å². The van der Waals surface area contributed by atoms with Gasteiger partial charge in [-0.3, -0.25) is 9.78 Å². The molecule has 0 spiro atoms. The summed E-state index contributed by atoms with van der Waals surface area (Å²) in [5, 5.41) is 14.0. The Balaban J connectivity index is 1.72. The number of hydrogen-bond acceptors (Lipinski definition) is 5. The van der Waals surface area contributed by atoms with Crippen molar-refractivity contribution < 1.29 is 14.6 Å². The summed E-state index contributed by atoms with van der Waals surface area (Å²) in [7, 11) is 0. The van der Waals surface area contributed by atoms with Crippen molar-refractivity contribution >= 4 is 40.1 Å². The number of hydrogen-bond donors (Lipinski definition) is 2. The average molecular weight is 417 g/mol. The highest BCUT2D eigenvalue weighted by Crippen LogP contribution is 2.32. The quantitative estimate of drug-likeness (QED) is 0.521. The lowest BCUT2D eigenvalue weighted by molar-refractivity contribution is 0.0697. The number of H-pyrrole nitrogens is 1. The molecule has 4 aromatic rings. The number of carbonyl (C=O) groups is 1. The zero-order valence-corrected chi connectivity index (χ0v) is 15.4. The normalized spacial score (nSPS) is 10.9. The molecule has 8 nitrogen and oxygen atoms in total. The van der Waals surface area contributed by atoms with Crippen molar-refractivity contribution in [3.8, 4) is 17.4 Å². The van der Waals surface area contributed by atoms with Crippen molar-refractivity contribution in [1.29, 1.82) is 0 Å². The minimum Gasteiger partial charge on any atom is -0.478 e. The van der Waals surface area contributed by atoms with Crippen LogP contribution in [0.3, 0.4) is 0 Å². The Bertz CT molecular complexity index is 1280. The minimum atomic E-state index is -1.13. The molecule has 2 aromatic carbocycles. The highest BCUT2D eigenvalue weighted by molar-refractivity contribution is 6.34. The van der Waals surface area contributed by atoms with Crippen LogP contribution in [-0.4, -0.2) is 30.8 Å². The summed E-state index contributed by atoms with van der Waals surface area (Å²) in [5.41, 5.74) is -0.0735. The number of nitrogens with zero attached hydrogens (tertiary/aromatic N) is 3. The molecule has 140 valence electrons. The predicted octanol–water partition coefficient (Wildman–Crippen LogP) is 3.91. The second-order valence-corrected chi connectivity index (χ2v) is 6.57. The lowest BCUT2D eigenvalue weighted by Gasteiger charge is -2.09. The van der Waals surface area contributed by atoms with E-state index in [0.717, 1.165) is 6.20 Å². The molecule has 2 N–H and O–H groups in total. The molecule has 0 bridgehead atoms. The van der Waals surface area contributed by atoms with Gasteiger partial charge in [0.25, 0.3) is 5.56 Å². The topological polar surface area (TPSA) is 110 Å². The van der Waals surface area contributed by atoms with Crippen LogP contribution in [0.15, 0.2) is 53.6 Å². The van der Waals surface area contributed by atoms with E-state index in [2.05, 4.69) is 15.1 Å². The lowest BCUT2D eigenvalue weighted by Crippen LogP contribution is -2.14. The average Bonchev–Trinajstić information content (AvgIpc) is 3.16. The fraction of sp³-hybridized carbons (Fsp3) is 0. The van der Waals surface area contributed by atoms with Crippen LogP contribution in [0.25, 0.3) is 16.9 Å². The standard InChI is InChI=1S/C18H10Cl2N4O4/c19-10-1-3-13(20)15(5-10)28-11-2-4-14-12(6-11)16(25)23-18(22-14)24-8-9(7-21-24)17(26)27/h1-8H,(H,26,27)(H,22,23,25). The Labute approximate surface area is 166 Å². The van der Waals surface area contributed by atoms with Crippen molar-refractivity contribution in [2.24, 2.45) is 0 Å². The Morgan fingerprint density at radius 1 is 1.18 bits per heavy atom. The summed E-state index contributed by atoms with van der Waals surface area (Å²) >= 11 is 12.0. The zero-order chi connectivity index (χ0) is 19.8. The van der Waals surface area contributed by atoms with Gasteiger partial charge in [-0.2, -0.15) is 5.10 Å². The molecule has 10 heteroatoms. The second-order valence-electron chi connectivity index (χ2n) is 5.72. The van der Waals surface area contributed by atoms with Gasteiger partial charge >= 0.3 is 5.97 Å². The molecule has 0 fully saturated rings. The van der Waals surface area contributed by atoms with Gasteiger partial charge in [0.15, 0.2) is 0 Å². The summed E-state index contributed by atoms with van der Waals surface area (Å²) < 4.78 is 6.90. The maximum absolute atomic E-state index is 12.5. The van der Waals surface area contributed by atoms with Crippen LogP contribution < -0.4 is 10.3 Å². The summed E-state index contributed by atoms with van der Waals surface area (Å²) in [6.07, 6.45) is 2.42. The summed E-state index contributed by atoms with van der Waals surface area (Å²) in [5.74, 6) is -0.302. The van der Waals surface area contributed by atoms with Crippen LogP contribution in [0.2, 0.25) is 10.0 Å². The molecule has 28 heavy (non-hydrogen) atoms. The van der Waals surface area contributed by atoms with Crippen LogP contribution in [0.5, 0.6) is 11.5 Å². The number of aromatic carboxylic acids is 1. The number of fused-ring (bicyclic) bond motifs is 1. The third-order valence-corrected chi connectivity index (χ3v) is 4.38. The minimum absolute atomic E-state index is 0.0232. The monoisotopic (exact) mass is 416 g/mol. The van der Waals surface area contributed by atoms with Crippen molar-refractivity contribution in [1.82, 2.24) is 19.7 Å². The molecular weight excluding hydrogens is 407 g/mol. The fourth-order valence-electron chi connectivity index (χ4n) is 2.51. The molecular formula is C18H10Cl2N4O4. The van der Waals surface area contributed by atoms with Gasteiger partial charge in [-0.05, 0) is 30.3 Å². The molecule has 0 aliphatic rings. The van der Waals surface area contributed by atoms with E-state index in [1.807, 2.05) is 0 Å². The molecule has 0 saturated carbocycles. The van der Waals surface area contributed by atoms with Gasteiger partial charge < -0.3 is 9.84 Å². The highest BCUT2D eigenvalue weighted by atomic mass is 35.5. The van der Waals surface area contributed by atoms with Crippen LogP contribution >= 0.6 is 23.2 Å². The molecule has 0 saturated heterocycles. The van der Waals surface area contributed by atoms with E-state index in [9.17, 15) is 9.59 Å². The fourth-order valence-corrected chi connectivity index (χ4v) is 2.83. The first-order chi connectivity index (χ1) is 13.4. The molecule has 0 unspecified atom stereocenters. The van der Waals surface area contributed by atoms with E-state index >= 15 is 0 Å². The highest BCUT2D eigenvalue weighted by Gasteiger charge is 2.12. The number of carboxylic acid groups (broad SMARTS) is 1. The first-order valence-corrected chi connectivity index (χ1v) is 8.61. The van der Waals surface area contributed by atoms with Gasteiger partial charge in [0.1, 0.15) is 11.5 Å². The van der Waals surface area contributed by atoms with E-state index in [4.69, 9.17) is 33.0 Å². The molecule has 4 rings (SSSR count). The third kappa shape index (κ3) is 3.42. The first kappa shape index (κ1) is 18.0. The van der Waals surface area contributed by atoms with Gasteiger partial charge in [-0.15, -0.1) is 0 Å². The Morgan fingerprint density at radius 3 is 2.75 bits per heavy atom.